The second-order valence-electron chi connectivity index (χ2n) is 9.23. The summed E-state index contributed by atoms with van der Waals surface area (Å²) in [4.78, 5) is 27.8. The van der Waals surface area contributed by atoms with Crippen LogP contribution in [0.15, 0.2) is 54.6 Å². The van der Waals surface area contributed by atoms with Gasteiger partial charge in [0, 0.05) is 30.6 Å². The molecule has 2 aromatic carbocycles. The van der Waals surface area contributed by atoms with E-state index in [-0.39, 0.29) is 17.6 Å². The van der Waals surface area contributed by atoms with E-state index < -0.39 is 6.04 Å². The monoisotopic (exact) mass is 451 g/mol. The summed E-state index contributed by atoms with van der Waals surface area (Å²) in [6, 6.07) is 15.8. The predicted octanol–water partition coefficient (Wildman–Crippen LogP) is 4.25. The largest absolute Gasteiger partial charge is 0.341 e. The Morgan fingerprint density at radius 3 is 2.42 bits per heavy atom. The number of unbranched alkanes of at least 4 members (excludes halogenated alkanes) is 1. The molecular formula is C27H34FN3O2. The SMILES string of the molecule is O=C(NC(CCCCN[C@@H]1C[C@H]1c1ccc(F)cc1)C(=O)N1CCCCC1)c1ccccc1. The lowest BCUT2D eigenvalue weighted by atomic mass is 10.0. The number of piperidine rings is 1. The minimum absolute atomic E-state index is 0.0468. The highest BCUT2D eigenvalue weighted by molar-refractivity contribution is 5.97. The van der Waals surface area contributed by atoms with E-state index in [9.17, 15) is 14.0 Å². The quantitative estimate of drug-likeness (QED) is 0.531. The lowest BCUT2D eigenvalue weighted by Gasteiger charge is -2.31. The second kappa shape index (κ2) is 11.4. The molecule has 1 aliphatic carbocycles. The number of carbonyl (C=O) groups excluding carboxylic acids is 2. The van der Waals surface area contributed by atoms with E-state index in [1.807, 2.05) is 35.2 Å². The number of nitrogens with one attached hydrogen (secondary N) is 2. The van der Waals surface area contributed by atoms with Gasteiger partial charge in [0.05, 0.1) is 0 Å². The number of likely N-dealkylation sites (tertiary alicyclic amines) is 1. The molecule has 0 aromatic heterocycles. The molecule has 0 spiro atoms. The van der Waals surface area contributed by atoms with Crippen LogP contribution < -0.4 is 10.6 Å². The third-order valence-electron chi connectivity index (χ3n) is 6.72. The van der Waals surface area contributed by atoms with Crippen LogP contribution in [0.3, 0.4) is 0 Å². The van der Waals surface area contributed by atoms with Gasteiger partial charge in [-0.05, 0) is 81.3 Å². The van der Waals surface area contributed by atoms with Crippen molar-refractivity contribution in [1.82, 2.24) is 15.5 Å². The first-order valence-corrected chi connectivity index (χ1v) is 12.3. The van der Waals surface area contributed by atoms with Crippen molar-refractivity contribution in [3.8, 4) is 0 Å². The minimum atomic E-state index is -0.483. The number of halogens is 1. The zero-order valence-corrected chi connectivity index (χ0v) is 19.1. The molecule has 2 fully saturated rings. The van der Waals surface area contributed by atoms with Crippen molar-refractivity contribution in [3.05, 3.63) is 71.5 Å². The first-order valence-electron chi connectivity index (χ1n) is 12.3. The topological polar surface area (TPSA) is 61.4 Å². The lowest BCUT2D eigenvalue weighted by molar-refractivity contribution is -0.134. The van der Waals surface area contributed by atoms with Crippen molar-refractivity contribution >= 4 is 11.8 Å². The van der Waals surface area contributed by atoms with E-state index in [1.165, 1.54) is 17.7 Å². The van der Waals surface area contributed by atoms with Crippen molar-refractivity contribution in [2.75, 3.05) is 19.6 Å². The fourth-order valence-corrected chi connectivity index (χ4v) is 4.68. The summed E-state index contributed by atoms with van der Waals surface area (Å²) in [5.74, 6) is 0.121. The van der Waals surface area contributed by atoms with Crippen molar-refractivity contribution in [2.45, 2.75) is 62.9 Å². The Labute approximate surface area is 195 Å². The summed E-state index contributed by atoms with van der Waals surface area (Å²) in [6.07, 6.45) is 6.75. The van der Waals surface area contributed by atoms with Gasteiger partial charge in [0.2, 0.25) is 5.91 Å². The molecule has 2 aromatic rings. The van der Waals surface area contributed by atoms with Gasteiger partial charge in [-0.15, -0.1) is 0 Å². The molecule has 176 valence electrons. The maximum Gasteiger partial charge on any atom is 0.251 e. The molecule has 0 bridgehead atoms. The highest BCUT2D eigenvalue weighted by atomic mass is 19.1. The average molecular weight is 452 g/mol. The Balaban J connectivity index is 1.24. The summed E-state index contributed by atoms with van der Waals surface area (Å²) >= 11 is 0. The van der Waals surface area contributed by atoms with Crippen LogP contribution in [0.25, 0.3) is 0 Å². The van der Waals surface area contributed by atoms with Crippen LogP contribution in [0.5, 0.6) is 0 Å². The molecule has 1 aliphatic heterocycles. The number of benzene rings is 2. The normalized spacial score (nSPS) is 20.8. The van der Waals surface area contributed by atoms with Gasteiger partial charge in [-0.25, -0.2) is 4.39 Å². The Morgan fingerprint density at radius 2 is 1.70 bits per heavy atom. The molecule has 3 atom stereocenters. The van der Waals surface area contributed by atoms with Gasteiger partial charge < -0.3 is 15.5 Å². The molecule has 0 radical (unpaired) electrons. The predicted molar refractivity (Wildman–Crippen MR) is 128 cm³/mol. The average Bonchev–Trinajstić information content (AvgIpc) is 3.63. The van der Waals surface area contributed by atoms with Crippen LogP contribution in [-0.4, -0.2) is 48.4 Å². The molecule has 33 heavy (non-hydrogen) atoms. The molecule has 2 amide bonds. The maximum absolute atomic E-state index is 13.1. The van der Waals surface area contributed by atoms with Gasteiger partial charge in [-0.2, -0.15) is 0 Å². The molecule has 1 saturated heterocycles. The number of rotatable bonds is 10. The zero-order valence-electron chi connectivity index (χ0n) is 19.1. The Morgan fingerprint density at radius 1 is 0.970 bits per heavy atom. The van der Waals surface area contributed by atoms with Gasteiger partial charge in [-0.3, -0.25) is 9.59 Å². The van der Waals surface area contributed by atoms with Crippen LogP contribution in [0, 0.1) is 5.82 Å². The molecular weight excluding hydrogens is 417 g/mol. The number of hydrogen-bond donors (Lipinski definition) is 2. The molecule has 2 aliphatic rings. The van der Waals surface area contributed by atoms with Crippen molar-refractivity contribution < 1.29 is 14.0 Å². The van der Waals surface area contributed by atoms with Crippen LogP contribution >= 0.6 is 0 Å². The van der Waals surface area contributed by atoms with Crippen LogP contribution in [0.1, 0.15) is 66.8 Å². The first-order chi connectivity index (χ1) is 16.1. The summed E-state index contributed by atoms with van der Waals surface area (Å²) in [6.45, 7) is 2.44. The lowest BCUT2D eigenvalue weighted by Crippen LogP contribution is -2.50. The number of nitrogens with zero attached hydrogens (tertiary/aromatic N) is 1. The Hall–Kier alpha value is -2.73. The van der Waals surface area contributed by atoms with Crippen LogP contribution in [0.2, 0.25) is 0 Å². The first kappa shape index (κ1) is 23.4. The molecule has 5 nitrogen and oxygen atoms in total. The Bertz CT molecular complexity index is 913. The highest BCUT2D eigenvalue weighted by Crippen LogP contribution is 2.40. The van der Waals surface area contributed by atoms with Gasteiger partial charge in [0.1, 0.15) is 11.9 Å². The summed E-state index contributed by atoms with van der Waals surface area (Å²) < 4.78 is 13.1. The van der Waals surface area contributed by atoms with Gasteiger partial charge >= 0.3 is 0 Å². The van der Waals surface area contributed by atoms with E-state index in [2.05, 4.69) is 10.6 Å². The van der Waals surface area contributed by atoms with E-state index in [0.717, 1.165) is 58.2 Å². The fourth-order valence-electron chi connectivity index (χ4n) is 4.68. The second-order valence-corrected chi connectivity index (χ2v) is 9.23. The van der Waals surface area contributed by atoms with Crippen molar-refractivity contribution in [2.24, 2.45) is 0 Å². The number of amides is 2. The minimum Gasteiger partial charge on any atom is -0.341 e. The standard InChI is InChI=1S/C27H34FN3O2/c28-22-14-12-20(13-15-22)23-19-25(23)29-16-6-5-11-24(27(33)31-17-7-2-8-18-31)30-26(32)21-9-3-1-4-10-21/h1,3-4,9-10,12-15,23-25,29H,2,5-8,11,16-19H2,(H,30,32)/t23-,24?,25+/m0/s1. The maximum atomic E-state index is 13.1. The van der Waals surface area contributed by atoms with E-state index in [1.54, 1.807) is 12.1 Å². The van der Waals surface area contributed by atoms with Crippen LogP contribution in [0.4, 0.5) is 4.39 Å². The van der Waals surface area contributed by atoms with E-state index >= 15 is 0 Å². The van der Waals surface area contributed by atoms with Gasteiger partial charge in [-0.1, -0.05) is 30.3 Å². The number of carbonyl (C=O) groups is 2. The summed E-state index contributed by atoms with van der Waals surface area (Å²) in [5, 5.41) is 6.57. The Kier molecular flexibility index (Phi) is 8.10. The molecule has 6 heteroatoms. The smallest absolute Gasteiger partial charge is 0.251 e. The molecule has 1 saturated carbocycles. The third-order valence-corrected chi connectivity index (χ3v) is 6.72. The van der Waals surface area contributed by atoms with E-state index in [4.69, 9.17) is 0 Å². The van der Waals surface area contributed by atoms with Gasteiger partial charge in [0.15, 0.2) is 0 Å². The van der Waals surface area contributed by atoms with Crippen LogP contribution in [-0.2, 0) is 4.79 Å². The molecule has 4 rings (SSSR count). The molecule has 1 heterocycles. The van der Waals surface area contributed by atoms with Crippen molar-refractivity contribution in [3.63, 3.8) is 0 Å². The summed E-state index contributed by atoms with van der Waals surface area (Å²) in [5.41, 5.74) is 1.76. The van der Waals surface area contributed by atoms with Gasteiger partial charge in [0.25, 0.3) is 5.91 Å². The molecule has 1 unspecified atom stereocenters. The fraction of sp³-hybridized carbons (Fsp3) is 0.481. The van der Waals surface area contributed by atoms with E-state index in [0.29, 0.717) is 23.9 Å². The molecule has 2 N–H and O–H groups in total. The third kappa shape index (κ3) is 6.64. The number of hydrogen-bond acceptors (Lipinski definition) is 3. The van der Waals surface area contributed by atoms with Crippen molar-refractivity contribution in [1.29, 1.82) is 0 Å². The zero-order chi connectivity index (χ0) is 23.0. The highest BCUT2D eigenvalue weighted by Gasteiger charge is 2.37. The summed E-state index contributed by atoms with van der Waals surface area (Å²) in [7, 11) is 0.